The van der Waals surface area contributed by atoms with E-state index < -0.39 is 0 Å². The average molecular weight is 375 g/mol. The van der Waals surface area contributed by atoms with Gasteiger partial charge in [0.05, 0.1) is 17.5 Å². The van der Waals surface area contributed by atoms with Gasteiger partial charge in [-0.25, -0.2) is 0 Å². The first-order chi connectivity index (χ1) is 12.4. The third-order valence-corrected chi connectivity index (χ3v) is 5.78. The maximum absolute atomic E-state index is 5.60. The first-order valence-corrected chi connectivity index (χ1v) is 9.83. The van der Waals surface area contributed by atoms with E-state index >= 15 is 0 Å². The van der Waals surface area contributed by atoms with E-state index in [2.05, 4.69) is 31.0 Å². The molecule has 8 nitrogen and oxygen atoms in total. The number of anilines is 1. The van der Waals surface area contributed by atoms with E-state index in [0.29, 0.717) is 5.75 Å². The molecule has 3 aromatic rings. The predicted molar refractivity (Wildman–Crippen MR) is 96.1 cm³/mol. The minimum absolute atomic E-state index is 0.288. The number of hydrogen-bond donors (Lipinski definition) is 1. The van der Waals surface area contributed by atoms with Crippen LogP contribution in [0.2, 0.25) is 0 Å². The Labute approximate surface area is 153 Å². The molecular formula is C15H17N7OS2. The maximum atomic E-state index is 5.60. The number of thioether (sulfide) groups is 1. The average Bonchev–Trinajstić information content (AvgIpc) is 3.40. The number of ether oxygens (including phenoxy) is 1. The first kappa shape index (κ1) is 16.4. The van der Waals surface area contributed by atoms with Crippen molar-refractivity contribution in [3.63, 3.8) is 0 Å². The lowest BCUT2D eigenvalue weighted by atomic mass is 10.2. The van der Waals surface area contributed by atoms with E-state index in [1.165, 1.54) is 11.3 Å². The van der Waals surface area contributed by atoms with Gasteiger partial charge in [0.15, 0.2) is 10.2 Å². The van der Waals surface area contributed by atoms with Crippen LogP contribution < -0.4 is 5.32 Å². The van der Waals surface area contributed by atoms with Gasteiger partial charge in [-0.1, -0.05) is 41.3 Å². The third kappa shape index (κ3) is 4.14. The Kier molecular flexibility index (Phi) is 5.19. The van der Waals surface area contributed by atoms with Crippen LogP contribution in [-0.4, -0.2) is 49.7 Å². The number of aromatic nitrogens is 6. The summed E-state index contributed by atoms with van der Waals surface area (Å²) in [7, 11) is 0. The molecule has 1 saturated heterocycles. The highest BCUT2D eigenvalue weighted by Gasteiger charge is 2.16. The number of tetrazole rings is 1. The normalized spacial score (nSPS) is 17.0. The fourth-order valence-electron chi connectivity index (χ4n) is 2.54. The van der Waals surface area contributed by atoms with E-state index in [1.807, 2.05) is 30.3 Å². The Morgan fingerprint density at radius 2 is 2.16 bits per heavy atom. The molecule has 25 heavy (non-hydrogen) atoms. The lowest BCUT2D eigenvalue weighted by molar-refractivity contribution is 0.120. The van der Waals surface area contributed by atoms with Gasteiger partial charge in [-0.15, -0.1) is 15.3 Å². The largest absolute Gasteiger partial charge is 0.376 e. The van der Waals surface area contributed by atoms with Gasteiger partial charge in [0, 0.05) is 13.2 Å². The zero-order chi connectivity index (χ0) is 16.9. The Bertz CT molecular complexity index is 801. The molecule has 1 aliphatic rings. The SMILES string of the molecule is c1ccc(-n2nnnc2CSc2nnc(NCC3CCCO3)s2)cc1. The monoisotopic (exact) mass is 375 g/mol. The molecule has 10 heteroatoms. The standard InChI is InChI=1S/C15H17N7OS2/c1-2-5-11(6-3-1)22-13(17-20-21-22)10-24-15-19-18-14(25-15)16-9-12-7-4-8-23-12/h1-3,5-6,12H,4,7-10H2,(H,16,18). The highest BCUT2D eigenvalue weighted by molar-refractivity contribution is 8.00. The predicted octanol–water partition coefficient (Wildman–Crippen LogP) is 2.40. The Morgan fingerprint density at radius 1 is 1.24 bits per heavy atom. The summed E-state index contributed by atoms with van der Waals surface area (Å²) in [4.78, 5) is 0. The van der Waals surface area contributed by atoms with Crippen molar-refractivity contribution in [1.29, 1.82) is 0 Å². The van der Waals surface area contributed by atoms with E-state index in [0.717, 1.165) is 47.0 Å². The zero-order valence-corrected chi connectivity index (χ0v) is 15.0. The second-order valence-electron chi connectivity index (χ2n) is 5.52. The Morgan fingerprint density at radius 3 is 3.00 bits per heavy atom. The van der Waals surface area contributed by atoms with E-state index in [-0.39, 0.29) is 6.10 Å². The number of para-hydroxylation sites is 1. The first-order valence-electron chi connectivity index (χ1n) is 8.03. The fraction of sp³-hybridized carbons (Fsp3) is 0.400. The molecule has 0 bridgehead atoms. The number of nitrogens with zero attached hydrogens (tertiary/aromatic N) is 6. The lowest BCUT2D eigenvalue weighted by Crippen LogP contribution is -2.18. The summed E-state index contributed by atoms with van der Waals surface area (Å²) in [6, 6.07) is 9.84. The number of hydrogen-bond acceptors (Lipinski definition) is 9. The van der Waals surface area contributed by atoms with Gasteiger partial charge in [0.25, 0.3) is 0 Å². The van der Waals surface area contributed by atoms with Crippen LogP contribution >= 0.6 is 23.1 Å². The molecule has 1 unspecified atom stereocenters. The minimum Gasteiger partial charge on any atom is -0.376 e. The Hall–Kier alpha value is -2.04. The molecule has 0 spiro atoms. The minimum atomic E-state index is 0.288. The molecule has 0 aliphatic carbocycles. The molecule has 1 aliphatic heterocycles. The molecule has 0 saturated carbocycles. The number of nitrogens with one attached hydrogen (secondary N) is 1. The van der Waals surface area contributed by atoms with E-state index in [9.17, 15) is 0 Å². The van der Waals surface area contributed by atoms with Crippen molar-refractivity contribution in [2.24, 2.45) is 0 Å². The molecule has 1 atom stereocenters. The summed E-state index contributed by atoms with van der Waals surface area (Å²) in [5, 5.41) is 24.5. The van der Waals surface area contributed by atoms with Gasteiger partial charge >= 0.3 is 0 Å². The number of benzene rings is 1. The highest BCUT2D eigenvalue weighted by atomic mass is 32.2. The van der Waals surface area contributed by atoms with Crippen LogP contribution in [0.15, 0.2) is 34.7 Å². The number of rotatable bonds is 7. The van der Waals surface area contributed by atoms with E-state index in [1.54, 1.807) is 16.4 Å². The highest BCUT2D eigenvalue weighted by Crippen LogP contribution is 2.28. The second kappa shape index (κ2) is 7.89. The molecule has 0 amide bonds. The molecule has 3 heterocycles. The molecule has 2 aromatic heterocycles. The van der Waals surface area contributed by atoms with Crippen molar-refractivity contribution in [3.8, 4) is 5.69 Å². The second-order valence-corrected chi connectivity index (χ2v) is 7.72. The molecule has 1 fully saturated rings. The van der Waals surface area contributed by atoms with Crippen LogP contribution in [0.1, 0.15) is 18.7 Å². The van der Waals surface area contributed by atoms with Crippen LogP contribution in [0.25, 0.3) is 5.69 Å². The maximum Gasteiger partial charge on any atom is 0.206 e. The van der Waals surface area contributed by atoms with Crippen molar-refractivity contribution in [2.75, 3.05) is 18.5 Å². The van der Waals surface area contributed by atoms with Crippen molar-refractivity contribution in [3.05, 3.63) is 36.2 Å². The summed E-state index contributed by atoms with van der Waals surface area (Å²) in [5.74, 6) is 1.41. The van der Waals surface area contributed by atoms with Gasteiger partial charge < -0.3 is 10.1 Å². The van der Waals surface area contributed by atoms with Crippen molar-refractivity contribution < 1.29 is 4.74 Å². The smallest absolute Gasteiger partial charge is 0.206 e. The van der Waals surface area contributed by atoms with Crippen LogP contribution in [-0.2, 0) is 10.5 Å². The summed E-state index contributed by atoms with van der Waals surface area (Å²) in [5.41, 5.74) is 0.944. The van der Waals surface area contributed by atoms with Gasteiger partial charge in [0.2, 0.25) is 5.13 Å². The summed E-state index contributed by atoms with van der Waals surface area (Å²) in [6.45, 7) is 1.64. The van der Waals surface area contributed by atoms with Gasteiger partial charge in [-0.05, 0) is 35.4 Å². The van der Waals surface area contributed by atoms with Crippen LogP contribution in [0.4, 0.5) is 5.13 Å². The van der Waals surface area contributed by atoms with Crippen molar-refractivity contribution >= 4 is 28.2 Å². The van der Waals surface area contributed by atoms with Crippen LogP contribution in [0, 0.1) is 0 Å². The fourth-order valence-corrected chi connectivity index (χ4v) is 4.20. The van der Waals surface area contributed by atoms with Crippen LogP contribution in [0.5, 0.6) is 0 Å². The quantitative estimate of drug-likeness (QED) is 0.630. The molecule has 1 N–H and O–H groups in total. The van der Waals surface area contributed by atoms with Crippen molar-refractivity contribution in [2.45, 2.75) is 29.0 Å². The Balaban J connectivity index is 1.34. The third-order valence-electron chi connectivity index (χ3n) is 3.77. The van der Waals surface area contributed by atoms with Crippen LogP contribution in [0.3, 0.4) is 0 Å². The molecule has 1 aromatic carbocycles. The summed E-state index contributed by atoms with van der Waals surface area (Å²) in [6.07, 6.45) is 2.53. The zero-order valence-electron chi connectivity index (χ0n) is 13.4. The molecule has 4 rings (SSSR count). The molecular weight excluding hydrogens is 358 g/mol. The summed E-state index contributed by atoms with van der Waals surface area (Å²) >= 11 is 3.11. The molecule has 130 valence electrons. The van der Waals surface area contributed by atoms with Gasteiger partial charge in [0.1, 0.15) is 0 Å². The summed E-state index contributed by atoms with van der Waals surface area (Å²) < 4.78 is 8.22. The molecule has 0 radical (unpaired) electrons. The van der Waals surface area contributed by atoms with Gasteiger partial charge in [-0.2, -0.15) is 4.68 Å². The lowest BCUT2D eigenvalue weighted by Gasteiger charge is -2.08. The van der Waals surface area contributed by atoms with Gasteiger partial charge in [-0.3, -0.25) is 0 Å². The topological polar surface area (TPSA) is 90.6 Å². The van der Waals surface area contributed by atoms with E-state index in [4.69, 9.17) is 4.74 Å². The van der Waals surface area contributed by atoms with Crippen molar-refractivity contribution in [1.82, 2.24) is 30.4 Å².